The second-order valence-corrected chi connectivity index (χ2v) is 3.41. The van der Waals surface area contributed by atoms with E-state index < -0.39 is 0 Å². The van der Waals surface area contributed by atoms with Crippen molar-refractivity contribution in [1.29, 1.82) is 5.41 Å². The van der Waals surface area contributed by atoms with Gasteiger partial charge in [-0.25, -0.2) is 0 Å². The van der Waals surface area contributed by atoms with E-state index in [1.54, 1.807) is 0 Å². The summed E-state index contributed by atoms with van der Waals surface area (Å²) in [5.74, 6) is 1.49. The fourth-order valence-corrected chi connectivity index (χ4v) is 1.64. The largest absolute Gasteiger partial charge is 0.360 e. The number of hydrogen-bond acceptors (Lipinski definition) is 1. The van der Waals surface area contributed by atoms with E-state index in [9.17, 15) is 0 Å². The summed E-state index contributed by atoms with van der Waals surface area (Å²) in [4.78, 5) is 2.10. The minimum atomic E-state index is 0.618. The summed E-state index contributed by atoms with van der Waals surface area (Å²) < 4.78 is 0. The van der Waals surface area contributed by atoms with Gasteiger partial charge in [-0.15, -0.1) is 0 Å². The minimum absolute atomic E-state index is 0.618. The van der Waals surface area contributed by atoms with Gasteiger partial charge in [0.05, 0.1) is 5.84 Å². The average molecular weight is 140 g/mol. The molecule has 0 amide bonds. The van der Waals surface area contributed by atoms with Crippen molar-refractivity contribution in [1.82, 2.24) is 4.90 Å². The van der Waals surface area contributed by atoms with Gasteiger partial charge in [0.2, 0.25) is 0 Å². The second kappa shape index (κ2) is 2.60. The Labute approximate surface area is 62.7 Å². The molecule has 0 bridgehead atoms. The van der Waals surface area contributed by atoms with E-state index >= 15 is 0 Å². The molecule has 0 spiro atoms. The zero-order chi connectivity index (χ0) is 7.72. The first-order valence-corrected chi connectivity index (χ1v) is 3.93. The van der Waals surface area contributed by atoms with Crippen molar-refractivity contribution in [3.05, 3.63) is 0 Å². The summed E-state index contributed by atoms with van der Waals surface area (Å²) in [7, 11) is 2.03. The first kappa shape index (κ1) is 7.58. The molecular weight excluding hydrogens is 124 g/mol. The Morgan fingerprint density at radius 2 is 2.20 bits per heavy atom. The Kier molecular flexibility index (Phi) is 1.97. The van der Waals surface area contributed by atoms with Gasteiger partial charge in [-0.1, -0.05) is 13.8 Å². The highest BCUT2D eigenvalue weighted by Crippen LogP contribution is 2.22. The van der Waals surface area contributed by atoms with E-state index in [1.807, 2.05) is 7.05 Å². The van der Waals surface area contributed by atoms with Crippen LogP contribution in [0.4, 0.5) is 0 Å². The lowest BCUT2D eigenvalue weighted by atomic mass is 10.0. The molecule has 10 heavy (non-hydrogen) atoms. The standard InChI is InChI=1S/C8H16N2/c1-6(2)7-4-5-8(9)10(7)3/h6-7,9H,4-5H2,1-3H3. The number of hydrogen-bond donors (Lipinski definition) is 1. The van der Waals surface area contributed by atoms with Gasteiger partial charge in [0, 0.05) is 19.5 Å². The molecule has 0 aromatic carbocycles. The van der Waals surface area contributed by atoms with Gasteiger partial charge in [-0.3, -0.25) is 5.41 Å². The van der Waals surface area contributed by atoms with E-state index in [0.717, 1.165) is 12.3 Å². The van der Waals surface area contributed by atoms with Crippen molar-refractivity contribution in [2.45, 2.75) is 32.7 Å². The van der Waals surface area contributed by atoms with Crippen LogP contribution in [0.3, 0.4) is 0 Å². The van der Waals surface area contributed by atoms with E-state index in [4.69, 9.17) is 5.41 Å². The Morgan fingerprint density at radius 1 is 1.60 bits per heavy atom. The summed E-state index contributed by atoms with van der Waals surface area (Å²) in [5.41, 5.74) is 0. The number of likely N-dealkylation sites (tertiary alicyclic amines) is 1. The molecule has 0 aromatic rings. The third-order valence-corrected chi connectivity index (χ3v) is 2.37. The Bertz CT molecular complexity index is 140. The number of nitrogens with zero attached hydrogens (tertiary/aromatic N) is 1. The summed E-state index contributed by atoms with van der Waals surface area (Å²) >= 11 is 0. The van der Waals surface area contributed by atoms with Crippen LogP contribution < -0.4 is 0 Å². The molecule has 1 heterocycles. The fraction of sp³-hybridized carbons (Fsp3) is 0.875. The molecule has 1 rings (SSSR count). The smallest absolute Gasteiger partial charge is 0.0958 e. The van der Waals surface area contributed by atoms with Gasteiger partial charge in [0.15, 0.2) is 0 Å². The van der Waals surface area contributed by atoms with E-state index in [2.05, 4.69) is 18.7 Å². The van der Waals surface area contributed by atoms with Crippen LogP contribution in [-0.4, -0.2) is 23.8 Å². The summed E-state index contributed by atoms with van der Waals surface area (Å²) in [6.07, 6.45) is 2.15. The van der Waals surface area contributed by atoms with Crippen molar-refractivity contribution < 1.29 is 0 Å². The molecule has 2 nitrogen and oxygen atoms in total. The molecule has 1 N–H and O–H groups in total. The lowest BCUT2D eigenvalue weighted by Gasteiger charge is -2.24. The molecule has 1 aliphatic rings. The minimum Gasteiger partial charge on any atom is -0.360 e. The normalized spacial score (nSPS) is 26.6. The average Bonchev–Trinajstić information content (AvgIpc) is 2.14. The summed E-state index contributed by atoms with van der Waals surface area (Å²) in [6.45, 7) is 4.44. The van der Waals surface area contributed by atoms with Crippen LogP contribution in [0.25, 0.3) is 0 Å². The quantitative estimate of drug-likeness (QED) is 0.590. The molecule has 58 valence electrons. The van der Waals surface area contributed by atoms with Crippen molar-refractivity contribution in [3.63, 3.8) is 0 Å². The van der Waals surface area contributed by atoms with Crippen LogP contribution >= 0.6 is 0 Å². The Balaban J connectivity index is 2.57. The fourth-order valence-electron chi connectivity index (χ4n) is 1.64. The van der Waals surface area contributed by atoms with E-state index in [-0.39, 0.29) is 0 Å². The number of amidine groups is 1. The number of nitrogens with one attached hydrogen (secondary N) is 1. The Morgan fingerprint density at radius 3 is 2.40 bits per heavy atom. The van der Waals surface area contributed by atoms with Crippen LogP contribution in [0.2, 0.25) is 0 Å². The highest BCUT2D eigenvalue weighted by atomic mass is 15.2. The van der Waals surface area contributed by atoms with Crippen LogP contribution in [0.1, 0.15) is 26.7 Å². The third kappa shape index (κ3) is 1.15. The van der Waals surface area contributed by atoms with Gasteiger partial charge in [-0.2, -0.15) is 0 Å². The molecule has 1 aliphatic heterocycles. The summed E-state index contributed by atoms with van der Waals surface area (Å²) in [5, 5.41) is 7.50. The molecule has 1 saturated heterocycles. The maximum absolute atomic E-state index is 7.50. The highest BCUT2D eigenvalue weighted by molar-refractivity contribution is 5.81. The molecular formula is C8H16N2. The SMILES string of the molecule is CC(C)C1CCC(=N)N1C. The van der Waals surface area contributed by atoms with Crippen LogP contribution in [0, 0.1) is 11.3 Å². The molecule has 0 aromatic heterocycles. The van der Waals surface area contributed by atoms with Crippen molar-refractivity contribution in [2.24, 2.45) is 5.92 Å². The first-order chi connectivity index (χ1) is 4.63. The molecule has 0 aliphatic carbocycles. The van der Waals surface area contributed by atoms with Crippen LogP contribution in [-0.2, 0) is 0 Å². The predicted octanol–water partition coefficient (Wildman–Crippen LogP) is 1.71. The van der Waals surface area contributed by atoms with E-state index in [0.29, 0.717) is 12.0 Å². The van der Waals surface area contributed by atoms with Crippen molar-refractivity contribution in [3.8, 4) is 0 Å². The predicted molar refractivity (Wildman–Crippen MR) is 43.3 cm³/mol. The molecule has 0 radical (unpaired) electrons. The lowest BCUT2D eigenvalue weighted by Crippen LogP contribution is -2.32. The van der Waals surface area contributed by atoms with E-state index in [1.165, 1.54) is 6.42 Å². The topological polar surface area (TPSA) is 27.1 Å². The Hall–Kier alpha value is -0.530. The van der Waals surface area contributed by atoms with Crippen LogP contribution in [0.15, 0.2) is 0 Å². The maximum Gasteiger partial charge on any atom is 0.0958 e. The van der Waals surface area contributed by atoms with Gasteiger partial charge in [0.25, 0.3) is 0 Å². The van der Waals surface area contributed by atoms with Gasteiger partial charge >= 0.3 is 0 Å². The second-order valence-electron chi connectivity index (χ2n) is 3.41. The molecule has 1 fully saturated rings. The van der Waals surface area contributed by atoms with Crippen molar-refractivity contribution >= 4 is 5.84 Å². The zero-order valence-corrected chi connectivity index (χ0v) is 7.02. The molecule has 1 unspecified atom stereocenters. The zero-order valence-electron chi connectivity index (χ0n) is 7.02. The van der Waals surface area contributed by atoms with Gasteiger partial charge in [-0.05, 0) is 12.3 Å². The monoisotopic (exact) mass is 140 g/mol. The number of rotatable bonds is 1. The summed E-state index contributed by atoms with van der Waals surface area (Å²) in [6, 6.07) is 0.618. The molecule has 2 heteroatoms. The van der Waals surface area contributed by atoms with Gasteiger partial charge in [0.1, 0.15) is 0 Å². The lowest BCUT2D eigenvalue weighted by molar-refractivity contribution is 0.308. The van der Waals surface area contributed by atoms with Gasteiger partial charge < -0.3 is 4.90 Å². The molecule has 1 atom stereocenters. The third-order valence-electron chi connectivity index (χ3n) is 2.37. The van der Waals surface area contributed by atoms with Crippen molar-refractivity contribution in [2.75, 3.05) is 7.05 Å². The highest BCUT2D eigenvalue weighted by Gasteiger charge is 2.26. The first-order valence-electron chi connectivity index (χ1n) is 3.93. The maximum atomic E-state index is 7.50. The van der Waals surface area contributed by atoms with Crippen LogP contribution in [0.5, 0.6) is 0 Å². The molecule has 0 saturated carbocycles.